The molecule has 0 saturated heterocycles. The average Bonchev–Trinajstić information content (AvgIpc) is 2.35. The summed E-state index contributed by atoms with van der Waals surface area (Å²) < 4.78 is 56.6. The second kappa shape index (κ2) is 5.52. The first kappa shape index (κ1) is 14.4. The number of rotatable bonds is 4. The smallest absolute Gasteiger partial charge is 0.490 e. The van der Waals surface area contributed by atoms with Crippen LogP contribution in [0.4, 0.5) is 17.3 Å². The van der Waals surface area contributed by atoms with Crippen molar-refractivity contribution in [1.82, 2.24) is 4.98 Å². The molecule has 106 valence electrons. The number of aromatic nitrogens is 1. The Morgan fingerprint density at radius 2 is 1.90 bits per heavy atom. The molecule has 0 amide bonds. The molecule has 0 atom stereocenters. The van der Waals surface area contributed by atoms with Crippen molar-refractivity contribution in [2.75, 3.05) is 0 Å². The molecule has 2 nitrogen and oxygen atoms in total. The summed E-state index contributed by atoms with van der Waals surface area (Å²) >= 11 is 0. The van der Waals surface area contributed by atoms with E-state index >= 15 is 0 Å². The third-order valence-electron chi connectivity index (χ3n) is 2.65. The molecule has 7 heteroatoms. The number of pyridine rings is 1. The first-order valence-corrected chi connectivity index (χ1v) is 5.91. The van der Waals surface area contributed by atoms with Crippen LogP contribution in [-0.4, -0.2) is 12.0 Å². The van der Waals surface area contributed by atoms with Crippen molar-refractivity contribution in [2.45, 2.75) is 13.5 Å². The Labute approximate surface area is 113 Å². The zero-order valence-corrected chi connectivity index (χ0v) is 10.6. The van der Waals surface area contributed by atoms with Crippen molar-refractivity contribution in [3.63, 3.8) is 0 Å². The standard InChI is InChI=1S/C13H11BF4NO/c1-9-3-2-4-11(19-9)8-20-13-7-10(15)5-6-12(13)14(16,17)18/h2-7H,8H2,1H3/q-1. The van der Waals surface area contributed by atoms with Crippen molar-refractivity contribution < 1.29 is 22.1 Å². The quantitative estimate of drug-likeness (QED) is 0.635. The van der Waals surface area contributed by atoms with Gasteiger partial charge < -0.3 is 17.7 Å². The summed E-state index contributed by atoms with van der Waals surface area (Å²) in [4.78, 5) is 4.11. The highest BCUT2D eigenvalue weighted by atomic mass is 19.4. The maximum absolute atomic E-state index is 13.1. The zero-order chi connectivity index (χ0) is 14.8. The van der Waals surface area contributed by atoms with Gasteiger partial charge in [0.1, 0.15) is 12.4 Å². The fourth-order valence-corrected chi connectivity index (χ4v) is 1.74. The molecule has 2 rings (SSSR count). The van der Waals surface area contributed by atoms with E-state index in [2.05, 4.69) is 4.98 Å². The second-order valence-electron chi connectivity index (χ2n) is 4.32. The first-order valence-electron chi connectivity index (χ1n) is 5.91. The van der Waals surface area contributed by atoms with Gasteiger partial charge in [-0.3, -0.25) is 4.98 Å². The number of halogens is 4. The van der Waals surface area contributed by atoms with Crippen LogP contribution in [0.2, 0.25) is 0 Å². The van der Waals surface area contributed by atoms with Crippen molar-refractivity contribution in [3.8, 4) is 5.75 Å². The fourth-order valence-electron chi connectivity index (χ4n) is 1.74. The Balaban J connectivity index is 2.22. The van der Waals surface area contributed by atoms with Crippen LogP contribution in [0.3, 0.4) is 0 Å². The van der Waals surface area contributed by atoms with E-state index < -0.39 is 24.0 Å². The topological polar surface area (TPSA) is 22.1 Å². The molecule has 0 spiro atoms. The summed E-state index contributed by atoms with van der Waals surface area (Å²) in [7, 11) is 0. The Hall–Kier alpha value is -2.05. The van der Waals surface area contributed by atoms with E-state index in [0.29, 0.717) is 11.8 Å². The molecule has 0 aliphatic carbocycles. The van der Waals surface area contributed by atoms with Crippen LogP contribution >= 0.6 is 0 Å². The predicted molar refractivity (Wildman–Crippen MR) is 68.4 cm³/mol. The minimum absolute atomic E-state index is 0.149. The summed E-state index contributed by atoms with van der Waals surface area (Å²) in [5.74, 6) is -1.29. The SMILES string of the molecule is Cc1cccc(COc2cc(F)ccc2[B-](F)(F)F)n1. The van der Waals surface area contributed by atoms with E-state index in [9.17, 15) is 17.3 Å². The monoisotopic (exact) mass is 284 g/mol. The molecule has 0 aliphatic heterocycles. The number of aryl methyl sites for hydroxylation is 1. The van der Waals surface area contributed by atoms with E-state index in [-0.39, 0.29) is 6.61 Å². The lowest BCUT2D eigenvalue weighted by Gasteiger charge is -2.19. The van der Waals surface area contributed by atoms with Gasteiger partial charge in [-0.15, -0.1) is 0 Å². The van der Waals surface area contributed by atoms with Gasteiger partial charge in [0, 0.05) is 11.8 Å². The first-order chi connectivity index (χ1) is 9.36. The van der Waals surface area contributed by atoms with Gasteiger partial charge in [-0.1, -0.05) is 17.6 Å². The fraction of sp³-hybridized carbons (Fsp3) is 0.154. The Morgan fingerprint density at radius 3 is 2.55 bits per heavy atom. The summed E-state index contributed by atoms with van der Waals surface area (Å²) in [5, 5.41) is 0. The maximum atomic E-state index is 13.1. The number of ether oxygens (including phenoxy) is 1. The average molecular weight is 284 g/mol. The molecule has 20 heavy (non-hydrogen) atoms. The van der Waals surface area contributed by atoms with Gasteiger partial charge in [0.05, 0.1) is 11.4 Å². The molecule has 0 saturated carbocycles. The minimum Gasteiger partial charge on any atom is -0.490 e. The van der Waals surface area contributed by atoms with Gasteiger partial charge in [0.2, 0.25) is 0 Å². The zero-order valence-electron chi connectivity index (χ0n) is 10.6. The highest BCUT2D eigenvalue weighted by Crippen LogP contribution is 2.20. The Bertz CT molecular complexity index is 616. The molecular formula is C13H11BF4NO-. The second-order valence-corrected chi connectivity index (χ2v) is 4.32. The van der Waals surface area contributed by atoms with Crippen LogP contribution < -0.4 is 10.2 Å². The van der Waals surface area contributed by atoms with Gasteiger partial charge in [0.15, 0.2) is 0 Å². The lowest BCUT2D eigenvalue weighted by molar-refractivity contribution is 0.300. The van der Waals surface area contributed by atoms with E-state index in [1.165, 1.54) is 0 Å². The van der Waals surface area contributed by atoms with Crippen molar-refractivity contribution >= 4 is 12.4 Å². The van der Waals surface area contributed by atoms with Crippen LogP contribution in [0.15, 0.2) is 36.4 Å². The van der Waals surface area contributed by atoms with Crippen LogP contribution in [0.1, 0.15) is 11.4 Å². The van der Waals surface area contributed by atoms with E-state index in [0.717, 1.165) is 17.8 Å². The molecule has 1 aromatic heterocycles. The number of benzene rings is 1. The number of nitrogens with zero attached hydrogens (tertiary/aromatic N) is 1. The van der Waals surface area contributed by atoms with E-state index in [1.54, 1.807) is 25.1 Å². The van der Waals surface area contributed by atoms with Gasteiger partial charge in [-0.25, -0.2) is 4.39 Å². The van der Waals surface area contributed by atoms with Crippen LogP contribution in [0.5, 0.6) is 5.75 Å². The van der Waals surface area contributed by atoms with Crippen LogP contribution in [0.25, 0.3) is 0 Å². The van der Waals surface area contributed by atoms with Crippen molar-refractivity contribution in [3.05, 3.63) is 53.6 Å². The summed E-state index contributed by atoms with van der Waals surface area (Å²) in [6, 6.07) is 7.30. The Morgan fingerprint density at radius 1 is 1.15 bits per heavy atom. The summed E-state index contributed by atoms with van der Waals surface area (Å²) in [6.07, 6.45) is 0. The van der Waals surface area contributed by atoms with Gasteiger partial charge in [-0.05, 0) is 25.1 Å². The molecule has 0 N–H and O–H groups in total. The lowest BCUT2D eigenvalue weighted by Crippen LogP contribution is -2.35. The number of hydrogen-bond acceptors (Lipinski definition) is 2. The van der Waals surface area contributed by atoms with Crippen molar-refractivity contribution in [1.29, 1.82) is 0 Å². The molecule has 0 aliphatic rings. The predicted octanol–water partition coefficient (Wildman–Crippen LogP) is 3.16. The van der Waals surface area contributed by atoms with Crippen LogP contribution in [0, 0.1) is 12.7 Å². The largest absolute Gasteiger partial charge is 0.513 e. The minimum atomic E-state index is -5.25. The number of hydrogen-bond donors (Lipinski definition) is 0. The normalized spacial score (nSPS) is 11.4. The van der Waals surface area contributed by atoms with Crippen LogP contribution in [-0.2, 0) is 6.61 Å². The van der Waals surface area contributed by atoms with Crippen molar-refractivity contribution in [2.24, 2.45) is 0 Å². The summed E-state index contributed by atoms with van der Waals surface area (Å²) in [5.41, 5.74) is 0.263. The molecule has 2 aromatic rings. The van der Waals surface area contributed by atoms with Gasteiger partial charge in [0.25, 0.3) is 0 Å². The molecule has 0 unspecified atom stereocenters. The van der Waals surface area contributed by atoms with E-state index in [1.807, 2.05) is 0 Å². The molecule has 1 heterocycles. The van der Waals surface area contributed by atoms with E-state index in [4.69, 9.17) is 4.74 Å². The molecule has 0 fully saturated rings. The van der Waals surface area contributed by atoms with Gasteiger partial charge >= 0.3 is 6.98 Å². The molecule has 1 aromatic carbocycles. The highest BCUT2D eigenvalue weighted by molar-refractivity contribution is 6.74. The highest BCUT2D eigenvalue weighted by Gasteiger charge is 2.29. The maximum Gasteiger partial charge on any atom is 0.513 e. The van der Waals surface area contributed by atoms with Gasteiger partial charge in [-0.2, -0.15) is 0 Å². The third-order valence-corrected chi connectivity index (χ3v) is 2.65. The molecular weight excluding hydrogens is 273 g/mol. The Kier molecular flexibility index (Phi) is 3.97. The molecule has 0 bridgehead atoms. The summed E-state index contributed by atoms with van der Waals surface area (Å²) in [6.45, 7) is -3.64. The molecule has 0 radical (unpaired) electrons. The third kappa shape index (κ3) is 3.49. The lowest BCUT2D eigenvalue weighted by atomic mass is 9.79.